The number of hydrogen-bond donors (Lipinski definition) is 1. The van der Waals surface area contributed by atoms with Gasteiger partial charge in [-0.25, -0.2) is 0 Å². The van der Waals surface area contributed by atoms with E-state index in [-0.39, 0.29) is 0 Å². The quantitative estimate of drug-likeness (QED) is 0.810. The smallest absolute Gasteiger partial charge is 0.0587 e. The zero-order chi connectivity index (χ0) is 14.4. The Kier molecular flexibility index (Phi) is 6.79. The Morgan fingerprint density at radius 2 is 2.10 bits per heavy atom. The van der Waals surface area contributed by atoms with Gasteiger partial charge in [-0.3, -0.25) is 4.90 Å². The highest BCUT2D eigenvalue weighted by molar-refractivity contribution is 4.88. The van der Waals surface area contributed by atoms with Crippen LogP contribution in [0.5, 0.6) is 0 Å². The predicted molar refractivity (Wildman–Crippen MR) is 85.1 cm³/mol. The minimum atomic E-state index is 0.524. The number of nitrogens with one attached hydrogen (secondary N) is 1. The molecule has 0 radical (unpaired) electrons. The van der Waals surface area contributed by atoms with Crippen molar-refractivity contribution in [3.8, 4) is 0 Å². The SMILES string of the molecule is CCCC1CN(CCC2CCCCO2)C(C(C)C)CN1. The molecule has 3 heteroatoms. The summed E-state index contributed by atoms with van der Waals surface area (Å²) in [5, 5.41) is 3.75. The summed E-state index contributed by atoms with van der Waals surface area (Å²) in [4.78, 5) is 2.74. The zero-order valence-corrected chi connectivity index (χ0v) is 13.7. The average molecular weight is 282 g/mol. The molecule has 2 aliphatic heterocycles. The van der Waals surface area contributed by atoms with E-state index in [2.05, 4.69) is 31.0 Å². The topological polar surface area (TPSA) is 24.5 Å². The molecule has 20 heavy (non-hydrogen) atoms. The van der Waals surface area contributed by atoms with Gasteiger partial charge in [0.05, 0.1) is 6.10 Å². The standard InChI is InChI=1S/C17H34N2O/c1-4-7-15-13-19(17(12-18-15)14(2)3)10-9-16-8-5-6-11-20-16/h14-18H,4-13H2,1-3H3. The fourth-order valence-electron chi connectivity index (χ4n) is 3.70. The first kappa shape index (κ1) is 16.3. The number of hydrogen-bond acceptors (Lipinski definition) is 3. The second-order valence-electron chi connectivity index (χ2n) is 6.98. The molecule has 1 N–H and O–H groups in total. The number of rotatable bonds is 6. The Bertz CT molecular complexity index is 264. The van der Waals surface area contributed by atoms with Crippen LogP contribution in [-0.4, -0.2) is 49.3 Å². The molecule has 0 aromatic heterocycles. The molecule has 0 amide bonds. The highest BCUT2D eigenvalue weighted by Gasteiger charge is 2.29. The molecule has 2 aliphatic rings. The summed E-state index contributed by atoms with van der Waals surface area (Å²) in [7, 11) is 0. The van der Waals surface area contributed by atoms with Gasteiger partial charge >= 0.3 is 0 Å². The van der Waals surface area contributed by atoms with Crippen LogP contribution in [0, 0.1) is 5.92 Å². The van der Waals surface area contributed by atoms with Crippen molar-refractivity contribution in [3.63, 3.8) is 0 Å². The van der Waals surface area contributed by atoms with E-state index in [4.69, 9.17) is 4.74 Å². The minimum Gasteiger partial charge on any atom is -0.378 e. The lowest BCUT2D eigenvalue weighted by molar-refractivity contribution is -0.00308. The van der Waals surface area contributed by atoms with E-state index in [1.165, 1.54) is 51.6 Å². The van der Waals surface area contributed by atoms with Crippen LogP contribution in [0.3, 0.4) is 0 Å². The normalized spacial score (nSPS) is 32.7. The summed E-state index contributed by atoms with van der Waals surface area (Å²) >= 11 is 0. The maximum Gasteiger partial charge on any atom is 0.0587 e. The Morgan fingerprint density at radius 1 is 1.25 bits per heavy atom. The van der Waals surface area contributed by atoms with Gasteiger partial charge in [-0.05, 0) is 38.0 Å². The molecule has 3 unspecified atom stereocenters. The van der Waals surface area contributed by atoms with Crippen LogP contribution in [0.4, 0.5) is 0 Å². The lowest BCUT2D eigenvalue weighted by Crippen LogP contribution is -2.58. The van der Waals surface area contributed by atoms with Crippen LogP contribution in [0.15, 0.2) is 0 Å². The minimum absolute atomic E-state index is 0.524. The number of nitrogens with zero attached hydrogens (tertiary/aromatic N) is 1. The van der Waals surface area contributed by atoms with Crippen molar-refractivity contribution < 1.29 is 4.74 Å². The molecule has 0 aromatic carbocycles. The van der Waals surface area contributed by atoms with Gasteiger partial charge in [0, 0.05) is 38.3 Å². The third-order valence-corrected chi connectivity index (χ3v) is 4.96. The summed E-state index contributed by atoms with van der Waals surface area (Å²) in [5.74, 6) is 0.734. The molecule has 3 nitrogen and oxygen atoms in total. The van der Waals surface area contributed by atoms with E-state index in [1.54, 1.807) is 0 Å². The molecule has 2 heterocycles. The van der Waals surface area contributed by atoms with E-state index in [9.17, 15) is 0 Å². The second kappa shape index (κ2) is 8.35. The molecule has 3 atom stereocenters. The van der Waals surface area contributed by atoms with Gasteiger partial charge in [-0.2, -0.15) is 0 Å². The van der Waals surface area contributed by atoms with Crippen molar-refractivity contribution >= 4 is 0 Å². The van der Waals surface area contributed by atoms with Gasteiger partial charge in [0.15, 0.2) is 0 Å². The number of piperazine rings is 1. The first-order valence-corrected chi connectivity index (χ1v) is 8.79. The Morgan fingerprint density at radius 3 is 2.75 bits per heavy atom. The lowest BCUT2D eigenvalue weighted by Gasteiger charge is -2.43. The fourth-order valence-corrected chi connectivity index (χ4v) is 3.70. The van der Waals surface area contributed by atoms with Crippen LogP contribution >= 0.6 is 0 Å². The zero-order valence-electron chi connectivity index (χ0n) is 13.7. The number of ether oxygens (including phenoxy) is 1. The molecule has 2 fully saturated rings. The van der Waals surface area contributed by atoms with Gasteiger partial charge in [-0.15, -0.1) is 0 Å². The van der Waals surface area contributed by atoms with E-state index in [1.807, 2.05) is 0 Å². The second-order valence-corrected chi connectivity index (χ2v) is 6.98. The monoisotopic (exact) mass is 282 g/mol. The van der Waals surface area contributed by atoms with Crippen LogP contribution in [0.25, 0.3) is 0 Å². The summed E-state index contributed by atoms with van der Waals surface area (Å²) in [6, 6.07) is 1.40. The van der Waals surface area contributed by atoms with Crippen LogP contribution in [0.2, 0.25) is 0 Å². The highest BCUT2D eigenvalue weighted by atomic mass is 16.5. The van der Waals surface area contributed by atoms with Crippen molar-refractivity contribution in [2.75, 3.05) is 26.2 Å². The summed E-state index contributed by atoms with van der Waals surface area (Å²) in [6.07, 6.45) is 8.23. The highest BCUT2D eigenvalue weighted by Crippen LogP contribution is 2.20. The maximum atomic E-state index is 5.90. The van der Waals surface area contributed by atoms with Gasteiger partial charge in [-0.1, -0.05) is 27.2 Å². The molecule has 2 saturated heterocycles. The molecular formula is C17H34N2O. The molecule has 118 valence electrons. The van der Waals surface area contributed by atoms with Crippen LogP contribution < -0.4 is 5.32 Å². The Hall–Kier alpha value is -0.120. The average Bonchev–Trinajstić information content (AvgIpc) is 2.46. The summed E-state index contributed by atoms with van der Waals surface area (Å²) < 4.78 is 5.90. The molecule has 0 bridgehead atoms. The van der Waals surface area contributed by atoms with Gasteiger partial charge in [0.2, 0.25) is 0 Å². The summed E-state index contributed by atoms with van der Waals surface area (Å²) in [6.45, 7) is 11.6. The van der Waals surface area contributed by atoms with Crippen molar-refractivity contribution in [2.24, 2.45) is 5.92 Å². The third kappa shape index (κ3) is 4.71. The van der Waals surface area contributed by atoms with E-state index < -0.39 is 0 Å². The van der Waals surface area contributed by atoms with Gasteiger partial charge < -0.3 is 10.1 Å². The summed E-state index contributed by atoms with van der Waals surface area (Å²) in [5.41, 5.74) is 0. The Balaban J connectivity index is 1.82. The predicted octanol–water partition coefficient (Wildman–Crippen LogP) is 3.04. The fraction of sp³-hybridized carbons (Fsp3) is 1.00. The Labute approximate surface area is 125 Å². The molecule has 0 aromatic rings. The van der Waals surface area contributed by atoms with Gasteiger partial charge in [0.1, 0.15) is 0 Å². The lowest BCUT2D eigenvalue weighted by atomic mass is 9.96. The first-order valence-electron chi connectivity index (χ1n) is 8.79. The van der Waals surface area contributed by atoms with E-state index in [0.29, 0.717) is 18.2 Å². The van der Waals surface area contributed by atoms with Crippen molar-refractivity contribution in [1.82, 2.24) is 10.2 Å². The third-order valence-electron chi connectivity index (χ3n) is 4.96. The van der Waals surface area contributed by atoms with Crippen LogP contribution in [0.1, 0.15) is 59.3 Å². The first-order chi connectivity index (χ1) is 9.70. The molecule has 0 spiro atoms. The molecule has 0 saturated carbocycles. The van der Waals surface area contributed by atoms with Crippen molar-refractivity contribution in [2.45, 2.75) is 77.5 Å². The van der Waals surface area contributed by atoms with E-state index in [0.717, 1.165) is 19.1 Å². The maximum absolute atomic E-state index is 5.90. The van der Waals surface area contributed by atoms with Crippen molar-refractivity contribution in [3.05, 3.63) is 0 Å². The van der Waals surface area contributed by atoms with E-state index >= 15 is 0 Å². The largest absolute Gasteiger partial charge is 0.378 e. The molecule has 0 aliphatic carbocycles. The van der Waals surface area contributed by atoms with Crippen LogP contribution in [-0.2, 0) is 4.74 Å². The molecular weight excluding hydrogens is 248 g/mol. The van der Waals surface area contributed by atoms with Gasteiger partial charge in [0.25, 0.3) is 0 Å². The molecule has 2 rings (SSSR count). The van der Waals surface area contributed by atoms with Crippen molar-refractivity contribution in [1.29, 1.82) is 0 Å².